The van der Waals surface area contributed by atoms with E-state index < -0.39 is 9.84 Å². The van der Waals surface area contributed by atoms with Crippen LogP contribution in [-0.2, 0) is 23.3 Å². The smallest absolute Gasteiger partial charge is 0.147 e. The number of nitrogens with one attached hydrogen (secondary N) is 1. The van der Waals surface area contributed by atoms with E-state index >= 15 is 0 Å². The second-order valence-electron chi connectivity index (χ2n) is 3.94. The molecule has 1 N–H and O–H groups in total. The van der Waals surface area contributed by atoms with Crippen molar-refractivity contribution in [3.8, 4) is 0 Å². The standard InChI is InChI=1S/C10H19N3O2S/c1-13-8-7-12-10(13)4-6-11-5-3-9-16(2,14)15/h7-8,11H,3-6,9H2,1-2H3. The minimum absolute atomic E-state index is 0.252. The fourth-order valence-electron chi connectivity index (χ4n) is 1.42. The van der Waals surface area contributed by atoms with Crippen molar-refractivity contribution in [3.63, 3.8) is 0 Å². The van der Waals surface area contributed by atoms with Gasteiger partial charge in [-0.2, -0.15) is 0 Å². The fourth-order valence-corrected chi connectivity index (χ4v) is 2.09. The van der Waals surface area contributed by atoms with Crippen LogP contribution in [0.1, 0.15) is 12.2 Å². The predicted molar refractivity (Wildman–Crippen MR) is 64.1 cm³/mol. The van der Waals surface area contributed by atoms with E-state index in [1.54, 1.807) is 6.20 Å². The van der Waals surface area contributed by atoms with Crippen LogP contribution in [0.25, 0.3) is 0 Å². The van der Waals surface area contributed by atoms with Crippen molar-refractivity contribution in [3.05, 3.63) is 18.2 Å². The third-order valence-electron chi connectivity index (χ3n) is 2.32. The van der Waals surface area contributed by atoms with E-state index in [0.717, 1.165) is 25.3 Å². The molecular formula is C10H19N3O2S. The van der Waals surface area contributed by atoms with E-state index in [-0.39, 0.29) is 5.75 Å². The monoisotopic (exact) mass is 245 g/mol. The van der Waals surface area contributed by atoms with E-state index in [1.165, 1.54) is 6.26 Å². The summed E-state index contributed by atoms with van der Waals surface area (Å²) in [5, 5.41) is 3.21. The van der Waals surface area contributed by atoms with Crippen molar-refractivity contribution in [1.82, 2.24) is 14.9 Å². The van der Waals surface area contributed by atoms with E-state index in [9.17, 15) is 8.42 Å². The summed E-state index contributed by atoms with van der Waals surface area (Å²) in [5.41, 5.74) is 0. The second-order valence-corrected chi connectivity index (χ2v) is 6.20. The van der Waals surface area contributed by atoms with Gasteiger partial charge in [-0.15, -0.1) is 0 Å². The maximum Gasteiger partial charge on any atom is 0.147 e. The highest BCUT2D eigenvalue weighted by atomic mass is 32.2. The van der Waals surface area contributed by atoms with E-state index in [4.69, 9.17) is 0 Å². The zero-order chi connectivity index (χ0) is 12.0. The molecule has 0 radical (unpaired) electrons. The Labute approximate surface area is 96.8 Å². The van der Waals surface area contributed by atoms with Gasteiger partial charge in [0.1, 0.15) is 15.7 Å². The van der Waals surface area contributed by atoms with Crippen molar-refractivity contribution in [2.45, 2.75) is 12.8 Å². The molecular weight excluding hydrogens is 226 g/mol. The molecule has 0 aliphatic carbocycles. The average molecular weight is 245 g/mol. The molecule has 1 aromatic rings. The minimum Gasteiger partial charge on any atom is -0.338 e. The molecule has 6 heteroatoms. The van der Waals surface area contributed by atoms with E-state index in [0.29, 0.717) is 6.42 Å². The molecule has 0 bridgehead atoms. The average Bonchev–Trinajstić information content (AvgIpc) is 2.56. The number of aromatic nitrogens is 2. The first-order valence-corrected chi connectivity index (χ1v) is 7.40. The Balaban J connectivity index is 2.07. The molecule has 1 rings (SSSR count). The number of sulfone groups is 1. The minimum atomic E-state index is -2.82. The van der Waals surface area contributed by atoms with Gasteiger partial charge in [0.15, 0.2) is 0 Å². The van der Waals surface area contributed by atoms with Gasteiger partial charge < -0.3 is 9.88 Å². The summed E-state index contributed by atoms with van der Waals surface area (Å²) in [7, 11) is -0.853. The van der Waals surface area contributed by atoms with Gasteiger partial charge in [-0.3, -0.25) is 0 Å². The Kier molecular flexibility index (Phi) is 4.95. The largest absolute Gasteiger partial charge is 0.338 e. The number of rotatable bonds is 7. The van der Waals surface area contributed by atoms with Gasteiger partial charge in [0.05, 0.1) is 5.75 Å². The Hall–Kier alpha value is -0.880. The van der Waals surface area contributed by atoms with Crippen LogP contribution in [0.5, 0.6) is 0 Å². The van der Waals surface area contributed by atoms with E-state index in [2.05, 4.69) is 10.3 Å². The van der Waals surface area contributed by atoms with Gasteiger partial charge in [0.2, 0.25) is 0 Å². The molecule has 1 aromatic heterocycles. The van der Waals surface area contributed by atoms with Crippen LogP contribution in [0.2, 0.25) is 0 Å². The van der Waals surface area contributed by atoms with Gasteiger partial charge in [0.25, 0.3) is 0 Å². The van der Waals surface area contributed by atoms with Crippen LogP contribution in [-0.4, -0.2) is 43.1 Å². The van der Waals surface area contributed by atoms with Crippen LogP contribution in [0.4, 0.5) is 0 Å². The normalized spacial score (nSPS) is 11.9. The van der Waals surface area contributed by atoms with Crippen LogP contribution in [0.15, 0.2) is 12.4 Å². The van der Waals surface area contributed by atoms with Crippen LogP contribution in [0, 0.1) is 0 Å². The molecule has 92 valence electrons. The summed E-state index contributed by atoms with van der Waals surface area (Å²) in [4.78, 5) is 4.20. The first-order chi connectivity index (χ1) is 7.49. The molecule has 0 atom stereocenters. The van der Waals surface area contributed by atoms with Crippen LogP contribution in [0.3, 0.4) is 0 Å². The Bertz CT molecular complexity index is 411. The summed E-state index contributed by atoms with van der Waals surface area (Å²) in [6.07, 6.45) is 6.49. The molecule has 1 heterocycles. The summed E-state index contributed by atoms with van der Waals surface area (Å²) >= 11 is 0. The van der Waals surface area contributed by atoms with Gasteiger partial charge in [0, 0.05) is 38.7 Å². The molecule has 16 heavy (non-hydrogen) atoms. The second kappa shape index (κ2) is 6.00. The molecule has 0 aliphatic heterocycles. The Morgan fingerprint density at radius 1 is 1.44 bits per heavy atom. The maximum atomic E-state index is 10.9. The topological polar surface area (TPSA) is 64.0 Å². The van der Waals surface area contributed by atoms with Crippen molar-refractivity contribution in [1.29, 1.82) is 0 Å². The third kappa shape index (κ3) is 5.27. The van der Waals surface area contributed by atoms with Gasteiger partial charge in [-0.05, 0) is 13.0 Å². The first-order valence-electron chi connectivity index (χ1n) is 5.34. The lowest BCUT2D eigenvalue weighted by Gasteiger charge is -2.04. The van der Waals surface area contributed by atoms with Crippen molar-refractivity contribution in [2.75, 3.05) is 25.1 Å². The summed E-state index contributed by atoms with van der Waals surface area (Å²) in [6, 6.07) is 0. The summed E-state index contributed by atoms with van der Waals surface area (Å²) < 4.78 is 23.7. The molecule has 5 nitrogen and oxygen atoms in total. The quantitative estimate of drug-likeness (QED) is 0.686. The van der Waals surface area contributed by atoms with Crippen molar-refractivity contribution < 1.29 is 8.42 Å². The number of nitrogens with zero attached hydrogens (tertiary/aromatic N) is 2. The zero-order valence-electron chi connectivity index (χ0n) is 9.81. The SMILES string of the molecule is Cn1ccnc1CCNCCCS(C)(=O)=O. The van der Waals surface area contributed by atoms with Crippen LogP contribution < -0.4 is 5.32 Å². The maximum absolute atomic E-state index is 10.9. The van der Waals surface area contributed by atoms with Gasteiger partial charge >= 0.3 is 0 Å². The molecule has 0 spiro atoms. The number of imidazole rings is 1. The molecule has 0 aliphatic rings. The lowest BCUT2D eigenvalue weighted by Crippen LogP contribution is -2.21. The van der Waals surface area contributed by atoms with Gasteiger partial charge in [-0.1, -0.05) is 0 Å². The summed E-state index contributed by atoms with van der Waals surface area (Å²) in [5.74, 6) is 1.29. The Morgan fingerprint density at radius 2 is 2.19 bits per heavy atom. The highest BCUT2D eigenvalue weighted by Gasteiger charge is 2.01. The molecule has 0 amide bonds. The molecule has 0 saturated heterocycles. The lowest BCUT2D eigenvalue weighted by atomic mass is 10.4. The summed E-state index contributed by atoms with van der Waals surface area (Å²) in [6.45, 7) is 1.56. The fraction of sp³-hybridized carbons (Fsp3) is 0.700. The Morgan fingerprint density at radius 3 is 2.75 bits per heavy atom. The van der Waals surface area contributed by atoms with Crippen LogP contribution >= 0.6 is 0 Å². The molecule has 0 fully saturated rings. The predicted octanol–water partition coefficient (Wildman–Crippen LogP) is -0.0131. The third-order valence-corrected chi connectivity index (χ3v) is 3.35. The first kappa shape index (κ1) is 13.2. The lowest BCUT2D eigenvalue weighted by molar-refractivity contribution is 0.593. The number of hydrogen-bond acceptors (Lipinski definition) is 4. The molecule has 0 unspecified atom stereocenters. The number of hydrogen-bond donors (Lipinski definition) is 1. The molecule has 0 saturated carbocycles. The van der Waals surface area contributed by atoms with E-state index in [1.807, 2.05) is 17.8 Å². The highest BCUT2D eigenvalue weighted by molar-refractivity contribution is 7.90. The molecule has 0 aromatic carbocycles. The van der Waals surface area contributed by atoms with Crippen molar-refractivity contribution >= 4 is 9.84 Å². The highest BCUT2D eigenvalue weighted by Crippen LogP contribution is 1.94. The number of aryl methyl sites for hydroxylation is 1. The van der Waals surface area contributed by atoms with Crippen molar-refractivity contribution in [2.24, 2.45) is 7.05 Å². The van der Waals surface area contributed by atoms with Gasteiger partial charge in [-0.25, -0.2) is 13.4 Å². The zero-order valence-corrected chi connectivity index (χ0v) is 10.6.